The number of likely N-dealkylation sites (tertiary alicyclic amines) is 1. The Morgan fingerprint density at radius 3 is 2.84 bits per heavy atom. The van der Waals surface area contributed by atoms with Gasteiger partial charge in [-0.05, 0) is 32.1 Å². The molecule has 5 heteroatoms. The van der Waals surface area contributed by atoms with Gasteiger partial charge in [0, 0.05) is 25.4 Å². The number of nitrogens with one attached hydrogen (secondary N) is 1. The van der Waals surface area contributed by atoms with E-state index in [0.717, 1.165) is 26.1 Å². The van der Waals surface area contributed by atoms with Gasteiger partial charge in [-0.3, -0.25) is 4.79 Å². The molecule has 1 amide bonds. The number of carbonyl (C=O) groups excluding carboxylic acids is 1. The first-order chi connectivity index (χ1) is 8.84. The van der Waals surface area contributed by atoms with Crippen molar-refractivity contribution in [3.8, 4) is 0 Å². The van der Waals surface area contributed by atoms with E-state index in [-0.39, 0.29) is 11.8 Å². The highest BCUT2D eigenvalue weighted by atomic mass is 32.2. The minimum atomic E-state index is -0.814. The number of hydrogen-bond donors (Lipinski definition) is 2. The highest BCUT2D eigenvalue weighted by molar-refractivity contribution is 7.98. The average Bonchev–Trinajstić information content (AvgIpc) is 2.73. The van der Waals surface area contributed by atoms with Gasteiger partial charge in [-0.15, -0.1) is 0 Å². The second-order valence-corrected chi connectivity index (χ2v) is 7.15. The van der Waals surface area contributed by atoms with Crippen LogP contribution in [0.3, 0.4) is 0 Å². The van der Waals surface area contributed by atoms with E-state index in [1.807, 2.05) is 6.26 Å². The van der Waals surface area contributed by atoms with Crippen LogP contribution in [-0.2, 0) is 4.79 Å². The third-order valence-electron chi connectivity index (χ3n) is 3.37. The van der Waals surface area contributed by atoms with Crippen LogP contribution < -0.4 is 5.32 Å². The van der Waals surface area contributed by atoms with Crippen LogP contribution in [0.4, 0.5) is 0 Å². The van der Waals surface area contributed by atoms with Crippen molar-refractivity contribution < 1.29 is 9.90 Å². The lowest BCUT2D eigenvalue weighted by molar-refractivity contribution is -0.125. The zero-order chi connectivity index (χ0) is 14.5. The van der Waals surface area contributed by atoms with Gasteiger partial charge in [0.15, 0.2) is 0 Å². The van der Waals surface area contributed by atoms with Gasteiger partial charge < -0.3 is 15.3 Å². The molecule has 112 valence electrons. The fourth-order valence-corrected chi connectivity index (χ4v) is 3.24. The molecule has 1 aliphatic heterocycles. The number of carbonyl (C=O) groups is 1. The Bertz CT molecular complexity index is 295. The molecule has 1 rings (SSSR count). The molecule has 2 atom stereocenters. The first kappa shape index (κ1) is 16.8. The van der Waals surface area contributed by atoms with Crippen LogP contribution in [0, 0.1) is 11.8 Å². The lowest BCUT2D eigenvalue weighted by Crippen LogP contribution is -2.44. The Morgan fingerprint density at radius 2 is 2.26 bits per heavy atom. The van der Waals surface area contributed by atoms with Crippen LogP contribution in [0.1, 0.15) is 27.2 Å². The SMILES string of the molecule is CSCC(C)(O)CNC(=O)C1CCN(CC(C)C)C1. The molecule has 2 unspecified atom stereocenters. The van der Waals surface area contributed by atoms with Crippen molar-refractivity contribution >= 4 is 17.7 Å². The highest BCUT2D eigenvalue weighted by Crippen LogP contribution is 2.18. The lowest BCUT2D eigenvalue weighted by Gasteiger charge is -2.23. The molecule has 19 heavy (non-hydrogen) atoms. The van der Waals surface area contributed by atoms with Crippen molar-refractivity contribution in [2.45, 2.75) is 32.8 Å². The van der Waals surface area contributed by atoms with Crippen molar-refractivity contribution in [1.82, 2.24) is 10.2 Å². The number of nitrogens with zero attached hydrogens (tertiary/aromatic N) is 1. The van der Waals surface area contributed by atoms with Crippen molar-refractivity contribution in [3.05, 3.63) is 0 Å². The maximum absolute atomic E-state index is 12.1. The number of thioether (sulfide) groups is 1. The Kier molecular flexibility index (Phi) is 6.63. The summed E-state index contributed by atoms with van der Waals surface area (Å²) in [5, 5.41) is 12.9. The predicted molar refractivity (Wildman–Crippen MR) is 81.4 cm³/mol. The van der Waals surface area contributed by atoms with Crippen LogP contribution in [0.15, 0.2) is 0 Å². The maximum Gasteiger partial charge on any atom is 0.224 e. The molecule has 0 spiro atoms. The quantitative estimate of drug-likeness (QED) is 0.739. The number of amides is 1. The van der Waals surface area contributed by atoms with Gasteiger partial charge in [0.25, 0.3) is 0 Å². The molecule has 1 saturated heterocycles. The van der Waals surface area contributed by atoms with Crippen LogP contribution in [0.5, 0.6) is 0 Å². The van der Waals surface area contributed by atoms with Gasteiger partial charge in [-0.1, -0.05) is 13.8 Å². The van der Waals surface area contributed by atoms with E-state index < -0.39 is 5.60 Å². The second-order valence-electron chi connectivity index (χ2n) is 6.29. The molecule has 0 aliphatic carbocycles. The molecule has 0 saturated carbocycles. The molecule has 0 bridgehead atoms. The molecule has 1 aliphatic rings. The van der Waals surface area contributed by atoms with E-state index >= 15 is 0 Å². The monoisotopic (exact) mass is 288 g/mol. The Morgan fingerprint density at radius 1 is 1.58 bits per heavy atom. The minimum absolute atomic E-state index is 0.0869. The normalized spacial score (nSPS) is 23.6. The van der Waals surface area contributed by atoms with Crippen LogP contribution in [0.25, 0.3) is 0 Å². The van der Waals surface area contributed by atoms with Gasteiger partial charge in [0.2, 0.25) is 5.91 Å². The van der Waals surface area contributed by atoms with Crippen molar-refractivity contribution in [2.24, 2.45) is 11.8 Å². The summed E-state index contributed by atoms with van der Waals surface area (Å²) in [7, 11) is 0. The summed E-state index contributed by atoms with van der Waals surface area (Å²) in [6.07, 6.45) is 2.89. The van der Waals surface area contributed by atoms with Crippen molar-refractivity contribution in [2.75, 3.05) is 38.2 Å². The molecule has 2 N–H and O–H groups in total. The van der Waals surface area contributed by atoms with E-state index in [9.17, 15) is 9.90 Å². The molecule has 1 heterocycles. The first-order valence-corrected chi connectivity index (χ1v) is 8.45. The van der Waals surface area contributed by atoms with Gasteiger partial charge in [-0.2, -0.15) is 11.8 Å². The van der Waals surface area contributed by atoms with E-state index in [2.05, 4.69) is 24.1 Å². The van der Waals surface area contributed by atoms with Crippen LogP contribution in [0.2, 0.25) is 0 Å². The maximum atomic E-state index is 12.1. The smallest absolute Gasteiger partial charge is 0.224 e. The fraction of sp³-hybridized carbons (Fsp3) is 0.929. The highest BCUT2D eigenvalue weighted by Gasteiger charge is 2.29. The third-order valence-corrected chi connectivity index (χ3v) is 4.28. The number of hydrogen-bond acceptors (Lipinski definition) is 4. The summed E-state index contributed by atoms with van der Waals surface area (Å²) < 4.78 is 0. The van der Waals surface area contributed by atoms with Gasteiger partial charge in [0.05, 0.1) is 11.5 Å². The summed E-state index contributed by atoms with van der Waals surface area (Å²) >= 11 is 1.59. The van der Waals surface area contributed by atoms with E-state index in [1.165, 1.54) is 0 Å². The molecule has 0 aromatic rings. The Labute approximate surface area is 121 Å². The molecule has 4 nitrogen and oxygen atoms in total. The number of aliphatic hydroxyl groups is 1. The van der Waals surface area contributed by atoms with Crippen molar-refractivity contribution in [3.63, 3.8) is 0 Å². The van der Waals surface area contributed by atoms with E-state index in [1.54, 1.807) is 18.7 Å². The minimum Gasteiger partial charge on any atom is -0.387 e. The molecule has 0 aromatic carbocycles. The fourth-order valence-electron chi connectivity index (χ4n) is 2.51. The standard InChI is InChI=1S/C14H28N2O2S/c1-11(2)7-16-6-5-12(8-16)13(17)15-9-14(3,18)10-19-4/h11-12,18H,5-10H2,1-4H3,(H,15,17). The van der Waals surface area contributed by atoms with E-state index in [4.69, 9.17) is 0 Å². The second kappa shape index (κ2) is 7.50. The van der Waals surface area contributed by atoms with Gasteiger partial charge in [0.1, 0.15) is 0 Å². The summed E-state index contributed by atoms with van der Waals surface area (Å²) in [4.78, 5) is 14.4. The summed E-state index contributed by atoms with van der Waals surface area (Å²) in [5.41, 5.74) is -0.814. The first-order valence-electron chi connectivity index (χ1n) is 7.05. The van der Waals surface area contributed by atoms with Crippen LogP contribution in [-0.4, -0.2) is 59.7 Å². The molecular formula is C14H28N2O2S. The number of rotatable bonds is 7. The summed E-state index contributed by atoms with van der Waals surface area (Å²) in [6, 6.07) is 0. The van der Waals surface area contributed by atoms with Crippen molar-refractivity contribution in [1.29, 1.82) is 0 Å². The van der Waals surface area contributed by atoms with Gasteiger partial charge in [-0.25, -0.2) is 0 Å². The molecular weight excluding hydrogens is 260 g/mol. The molecule has 0 aromatic heterocycles. The van der Waals surface area contributed by atoms with E-state index in [0.29, 0.717) is 18.2 Å². The largest absolute Gasteiger partial charge is 0.387 e. The summed E-state index contributed by atoms with van der Waals surface area (Å²) in [6.45, 7) is 9.44. The lowest BCUT2D eigenvalue weighted by atomic mass is 10.1. The molecule has 0 radical (unpaired) electrons. The third kappa shape index (κ3) is 6.15. The molecule has 1 fully saturated rings. The zero-order valence-corrected chi connectivity index (χ0v) is 13.4. The van der Waals surface area contributed by atoms with Gasteiger partial charge >= 0.3 is 0 Å². The summed E-state index contributed by atoms with van der Waals surface area (Å²) in [5.74, 6) is 1.46. The predicted octanol–water partition coefficient (Wildman–Crippen LogP) is 1.19. The average molecular weight is 288 g/mol. The topological polar surface area (TPSA) is 52.6 Å². The Balaban J connectivity index is 2.31. The zero-order valence-electron chi connectivity index (χ0n) is 12.6. The van der Waals surface area contributed by atoms with Crippen LogP contribution >= 0.6 is 11.8 Å². The Hall–Kier alpha value is -0.260.